The molecular formula is C15H30N2. The monoisotopic (exact) mass is 238 g/mol. The summed E-state index contributed by atoms with van der Waals surface area (Å²) in [6.45, 7) is 9.49. The molecule has 0 amide bonds. The molecule has 2 rings (SSSR count). The van der Waals surface area contributed by atoms with Crippen molar-refractivity contribution in [2.75, 3.05) is 13.1 Å². The van der Waals surface area contributed by atoms with Gasteiger partial charge in [0.25, 0.3) is 0 Å². The van der Waals surface area contributed by atoms with Crippen LogP contribution >= 0.6 is 0 Å². The van der Waals surface area contributed by atoms with Gasteiger partial charge in [-0.05, 0) is 44.6 Å². The molecule has 2 aliphatic rings. The molecule has 0 aromatic carbocycles. The first-order valence-corrected chi connectivity index (χ1v) is 7.71. The zero-order valence-corrected chi connectivity index (χ0v) is 11.9. The van der Waals surface area contributed by atoms with Gasteiger partial charge in [0.05, 0.1) is 0 Å². The van der Waals surface area contributed by atoms with Gasteiger partial charge in [-0.15, -0.1) is 0 Å². The minimum absolute atomic E-state index is 0.772. The molecule has 2 saturated carbocycles. The molecule has 2 aliphatic carbocycles. The molecule has 17 heavy (non-hydrogen) atoms. The van der Waals surface area contributed by atoms with Crippen LogP contribution in [0, 0.1) is 5.92 Å². The number of nitrogens with zero attached hydrogens (tertiary/aromatic N) is 1. The minimum atomic E-state index is 0.772. The Kier molecular flexibility index (Phi) is 4.87. The highest BCUT2D eigenvalue weighted by Crippen LogP contribution is 2.35. The average molecular weight is 238 g/mol. The summed E-state index contributed by atoms with van der Waals surface area (Å²) in [5.41, 5.74) is 0. The Morgan fingerprint density at radius 3 is 2.53 bits per heavy atom. The van der Waals surface area contributed by atoms with Crippen LogP contribution in [0.25, 0.3) is 0 Å². The van der Waals surface area contributed by atoms with E-state index < -0.39 is 0 Å². The highest BCUT2D eigenvalue weighted by atomic mass is 15.2. The van der Waals surface area contributed by atoms with Gasteiger partial charge in [0, 0.05) is 24.7 Å². The van der Waals surface area contributed by atoms with Crippen molar-refractivity contribution in [3.05, 3.63) is 0 Å². The van der Waals surface area contributed by atoms with Crippen molar-refractivity contribution >= 4 is 0 Å². The van der Waals surface area contributed by atoms with Crippen LogP contribution in [-0.2, 0) is 0 Å². The van der Waals surface area contributed by atoms with E-state index in [1.807, 2.05) is 0 Å². The zero-order valence-electron chi connectivity index (χ0n) is 11.9. The van der Waals surface area contributed by atoms with E-state index >= 15 is 0 Å². The highest BCUT2D eigenvalue weighted by molar-refractivity contribution is 4.97. The highest BCUT2D eigenvalue weighted by Gasteiger charge is 2.39. The quantitative estimate of drug-likeness (QED) is 0.733. The van der Waals surface area contributed by atoms with Crippen LogP contribution in [0.2, 0.25) is 0 Å². The molecule has 2 unspecified atom stereocenters. The van der Waals surface area contributed by atoms with Gasteiger partial charge < -0.3 is 5.32 Å². The molecule has 0 heterocycles. The van der Waals surface area contributed by atoms with Gasteiger partial charge in [-0.1, -0.05) is 27.2 Å². The zero-order chi connectivity index (χ0) is 12.3. The Balaban J connectivity index is 1.91. The molecule has 1 N–H and O–H groups in total. The lowest BCUT2D eigenvalue weighted by Gasteiger charge is -2.35. The summed E-state index contributed by atoms with van der Waals surface area (Å²) in [6, 6.07) is 2.53. The molecule has 0 aromatic rings. The summed E-state index contributed by atoms with van der Waals surface area (Å²) in [5.74, 6) is 0.808. The third-order valence-corrected chi connectivity index (χ3v) is 4.15. The number of rotatable bonds is 7. The average Bonchev–Trinajstić information content (AvgIpc) is 3.02. The maximum absolute atomic E-state index is 3.78. The van der Waals surface area contributed by atoms with E-state index in [-0.39, 0.29) is 0 Å². The molecule has 2 fully saturated rings. The van der Waals surface area contributed by atoms with Crippen molar-refractivity contribution in [1.29, 1.82) is 0 Å². The second kappa shape index (κ2) is 6.19. The summed E-state index contributed by atoms with van der Waals surface area (Å²) in [5, 5.41) is 3.78. The van der Waals surface area contributed by atoms with E-state index in [9.17, 15) is 0 Å². The third kappa shape index (κ3) is 3.69. The van der Waals surface area contributed by atoms with E-state index in [0.717, 1.165) is 24.0 Å². The summed E-state index contributed by atoms with van der Waals surface area (Å²) in [4.78, 5) is 2.84. The molecule has 100 valence electrons. The van der Waals surface area contributed by atoms with Gasteiger partial charge in [-0.3, -0.25) is 4.90 Å². The number of hydrogen-bond acceptors (Lipinski definition) is 2. The van der Waals surface area contributed by atoms with Gasteiger partial charge in [-0.2, -0.15) is 0 Å². The predicted octanol–water partition coefficient (Wildman–Crippen LogP) is 3.03. The maximum atomic E-state index is 3.78. The lowest BCUT2D eigenvalue weighted by atomic mass is 10.1. The second-order valence-electron chi connectivity index (χ2n) is 6.38. The van der Waals surface area contributed by atoms with E-state index in [4.69, 9.17) is 0 Å². The molecule has 2 heteroatoms. The molecule has 2 nitrogen and oxygen atoms in total. The van der Waals surface area contributed by atoms with Crippen molar-refractivity contribution in [1.82, 2.24) is 10.2 Å². The normalized spacial score (nSPS) is 29.5. The first-order valence-electron chi connectivity index (χ1n) is 7.71. The van der Waals surface area contributed by atoms with Crippen molar-refractivity contribution < 1.29 is 0 Å². The number of nitrogens with one attached hydrogen (secondary N) is 1. The summed E-state index contributed by atoms with van der Waals surface area (Å²) >= 11 is 0. The van der Waals surface area contributed by atoms with Gasteiger partial charge >= 0.3 is 0 Å². The maximum Gasteiger partial charge on any atom is 0.0252 e. The van der Waals surface area contributed by atoms with Crippen LogP contribution in [0.5, 0.6) is 0 Å². The topological polar surface area (TPSA) is 15.3 Å². The standard InChI is InChI=1S/C15H30N2/c1-4-10-16-14-6-5-7-15(14)17(11-12(2)3)13-8-9-13/h12-16H,4-11H2,1-3H3. The second-order valence-corrected chi connectivity index (χ2v) is 6.38. The van der Waals surface area contributed by atoms with Gasteiger partial charge in [0.2, 0.25) is 0 Å². The fraction of sp³-hybridized carbons (Fsp3) is 1.00. The van der Waals surface area contributed by atoms with Crippen LogP contribution < -0.4 is 5.32 Å². The van der Waals surface area contributed by atoms with Crippen LogP contribution in [0.3, 0.4) is 0 Å². The molecule has 0 bridgehead atoms. The number of hydrogen-bond donors (Lipinski definition) is 1. The summed E-state index contributed by atoms with van der Waals surface area (Å²) < 4.78 is 0. The van der Waals surface area contributed by atoms with Gasteiger partial charge in [0.1, 0.15) is 0 Å². The van der Waals surface area contributed by atoms with E-state index in [0.29, 0.717) is 0 Å². The van der Waals surface area contributed by atoms with Crippen LogP contribution in [0.1, 0.15) is 59.3 Å². The van der Waals surface area contributed by atoms with Crippen molar-refractivity contribution in [2.45, 2.75) is 77.4 Å². The molecule has 0 saturated heterocycles. The fourth-order valence-corrected chi connectivity index (χ4v) is 3.29. The first-order chi connectivity index (χ1) is 8.22. The Morgan fingerprint density at radius 2 is 1.94 bits per heavy atom. The molecule has 0 radical (unpaired) electrons. The molecule has 0 spiro atoms. The van der Waals surface area contributed by atoms with Crippen molar-refractivity contribution in [2.24, 2.45) is 5.92 Å². The summed E-state index contributed by atoms with van der Waals surface area (Å²) in [6.07, 6.45) is 8.40. The molecule has 0 aliphatic heterocycles. The lowest BCUT2D eigenvalue weighted by molar-refractivity contribution is 0.145. The Morgan fingerprint density at radius 1 is 1.18 bits per heavy atom. The Hall–Kier alpha value is -0.0800. The van der Waals surface area contributed by atoms with Crippen LogP contribution in [0.15, 0.2) is 0 Å². The first kappa shape index (κ1) is 13.4. The largest absolute Gasteiger partial charge is 0.312 e. The molecule has 2 atom stereocenters. The predicted molar refractivity (Wildman–Crippen MR) is 74.3 cm³/mol. The molecule has 0 aromatic heterocycles. The van der Waals surface area contributed by atoms with Crippen LogP contribution in [0.4, 0.5) is 0 Å². The SMILES string of the molecule is CCCNC1CCCC1N(CC(C)C)C1CC1. The van der Waals surface area contributed by atoms with E-state index in [1.54, 1.807) is 0 Å². The fourth-order valence-electron chi connectivity index (χ4n) is 3.29. The third-order valence-electron chi connectivity index (χ3n) is 4.15. The van der Waals surface area contributed by atoms with Gasteiger partial charge in [-0.25, -0.2) is 0 Å². The van der Waals surface area contributed by atoms with E-state index in [2.05, 4.69) is 31.0 Å². The van der Waals surface area contributed by atoms with Gasteiger partial charge in [0.15, 0.2) is 0 Å². The smallest absolute Gasteiger partial charge is 0.0252 e. The van der Waals surface area contributed by atoms with E-state index in [1.165, 1.54) is 51.6 Å². The Bertz CT molecular complexity index is 223. The van der Waals surface area contributed by atoms with Crippen molar-refractivity contribution in [3.63, 3.8) is 0 Å². The van der Waals surface area contributed by atoms with Crippen molar-refractivity contribution in [3.8, 4) is 0 Å². The summed E-state index contributed by atoms with van der Waals surface area (Å²) in [7, 11) is 0. The lowest BCUT2D eigenvalue weighted by Crippen LogP contribution is -2.49. The van der Waals surface area contributed by atoms with Crippen LogP contribution in [-0.4, -0.2) is 36.1 Å². The minimum Gasteiger partial charge on any atom is -0.312 e. The molecular weight excluding hydrogens is 208 g/mol. The Labute approximate surface area is 107 Å².